The van der Waals surface area contributed by atoms with Gasteiger partial charge in [0, 0.05) is 0 Å². The highest BCUT2D eigenvalue weighted by Gasteiger charge is 2.58. The van der Waals surface area contributed by atoms with Crippen LogP contribution in [-0.4, -0.2) is 104 Å². The van der Waals surface area contributed by atoms with Gasteiger partial charge in [-0.25, -0.2) is 0 Å². The van der Waals surface area contributed by atoms with Gasteiger partial charge in [-0.1, -0.05) is 0 Å². The van der Waals surface area contributed by atoms with Crippen LogP contribution in [0.25, 0.3) is 0 Å². The zero-order valence-electron chi connectivity index (χ0n) is 11.9. The standard InChI is InChI=1S/C12H22O10/c1-4-6(15)8(17)9(18)11(20-4)22-12(3-14)10(19)7(16)5(2-13)21-12/h4-11,13-19H,2-3H2,1H3/t4?,5-,6+,7?,8-,9?,10+,11+,12-/m0/s1. The molecule has 0 bridgehead atoms. The number of aliphatic hydroxyl groups excluding tert-OH is 7. The maximum Gasteiger partial charge on any atom is 0.224 e. The Kier molecular flexibility index (Phi) is 5.39. The van der Waals surface area contributed by atoms with Gasteiger partial charge in [-0.15, -0.1) is 0 Å². The normalized spacial score (nSPS) is 52.9. The second kappa shape index (κ2) is 6.61. The van der Waals surface area contributed by atoms with Crippen LogP contribution < -0.4 is 0 Å². The minimum absolute atomic E-state index is 0.630. The molecule has 10 nitrogen and oxygen atoms in total. The van der Waals surface area contributed by atoms with E-state index in [1.54, 1.807) is 0 Å². The van der Waals surface area contributed by atoms with Gasteiger partial charge in [-0.3, -0.25) is 0 Å². The van der Waals surface area contributed by atoms with E-state index in [2.05, 4.69) is 0 Å². The summed E-state index contributed by atoms with van der Waals surface area (Å²) in [5, 5.41) is 67.5. The number of ether oxygens (including phenoxy) is 3. The van der Waals surface area contributed by atoms with Crippen molar-refractivity contribution in [2.24, 2.45) is 0 Å². The zero-order chi connectivity index (χ0) is 16.7. The lowest BCUT2D eigenvalue weighted by Crippen LogP contribution is -2.61. The molecular formula is C12H22O10. The first-order chi connectivity index (χ1) is 10.3. The predicted octanol–water partition coefficient (Wildman–Crippen LogP) is -4.37. The molecule has 0 radical (unpaired) electrons. The zero-order valence-corrected chi connectivity index (χ0v) is 11.9. The predicted molar refractivity (Wildman–Crippen MR) is 67.2 cm³/mol. The van der Waals surface area contributed by atoms with Crippen molar-refractivity contribution in [3.63, 3.8) is 0 Å². The second-order valence-corrected chi connectivity index (χ2v) is 5.54. The molecule has 0 aromatic carbocycles. The minimum Gasteiger partial charge on any atom is -0.394 e. The Bertz CT molecular complexity index is 381. The van der Waals surface area contributed by atoms with Gasteiger partial charge < -0.3 is 50.0 Å². The van der Waals surface area contributed by atoms with Crippen LogP contribution in [-0.2, 0) is 14.2 Å². The summed E-state index contributed by atoms with van der Waals surface area (Å²) >= 11 is 0. The fraction of sp³-hybridized carbons (Fsp3) is 1.00. The molecule has 2 saturated heterocycles. The molecule has 9 atom stereocenters. The van der Waals surface area contributed by atoms with Crippen LogP contribution in [0.4, 0.5) is 0 Å². The topological polar surface area (TPSA) is 169 Å². The van der Waals surface area contributed by atoms with Gasteiger partial charge in [0.05, 0.1) is 12.7 Å². The Labute approximate surface area is 126 Å². The largest absolute Gasteiger partial charge is 0.394 e. The summed E-state index contributed by atoms with van der Waals surface area (Å²) in [7, 11) is 0. The lowest BCUT2D eigenvalue weighted by molar-refractivity contribution is -0.380. The van der Waals surface area contributed by atoms with Crippen LogP contribution in [0.1, 0.15) is 6.92 Å². The molecule has 2 heterocycles. The van der Waals surface area contributed by atoms with E-state index in [1.165, 1.54) is 6.92 Å². The van der Waals surface area contributed by atoms with Crippen molar-refractivity contribution in [3.05, 3.63) is 0 Å². The van der Waals surface area contributed by atoms with E-state index in [-0.39, 0.29) is 0 Å². The lowest BCUT2D eigenvalue weighted by atomic mass is 9.99. The van der Waals surface area contributed by atoms with Gasteiger partial charge in [0.1, 0.15) is 43.2 Å². The van der Waals surface area contributed by atoms with Crippen molar-refractivity contribution < 1.29 is 50.0 Å². The Balaban J connectivity index is 2.16. The van der Waals surface area contributed by atoms with Crippen molar-refractivity contribution in [2.75, 3.05) is 13.2 Å². The Morgan fingerprint density at radius 3 is 2.09 bits per heavy atom. The lowest BCUT2D eigenvalue weighted by Gasteiger charge is -2.42. The quantitative estimate of drug-likeness (QED) is 0.268. The van der Waals surface area contributed by atoms with Gasteiger partial charge in [-0.2, -0.15) is 0 Å². The van der Waals surface area contributed by atoms with E-state index >= 15 is 0 Å². The molecule has 2 aliphatic heterocycles. The molecule has 22 heavy (non-hydrogen) atoms. The van der Waals surface area contributed by atoms with E-state index < -0.39 is 68.0 Å². The van der Waals surface area contributed by atoms with Crippen molar-refractivity contribution in [3.8, 4) is 0 Å². The number of rotatable bonds is 4. The summed E-state index contributed by atoms with van der Waals surface area (Å²) in [5.74, 6) is -2.14. The van der Waals surface area contributed by atoms with Crippen molar-refractivity contribution >= 4 is 0 Å². The van der Waals surface area contributed by atoms with Gasteiger partial charge in [-0.05, 0) is 6.92 Å². The summed E-state index contributed by atoms with van der Waals surface area (Å²) in [6, 6.07) is 0. The maximum atomic E-state index is 9.99. The molecule has 10 heteroatoms. The first kappa shape index (κ1) is 17.9. The summed E-state index contributed by atoms with van der Waals surface area (Å²) in [5.41, 5.74) is 0. The Morgan fingerprint density at radius 2 is 1.59 bits per heavy atom. The fourth-order valence-corrected chi connectivity index (χ4v) is 2.58. The van der Waals surface area contributed by atoms with Crippen LogP contribution in [0.15, 0.2) is 0 Å². The average Bonchev–Trinajstić information content (AvgIpc) is 2.75. The van der Waals surface area contributed by atoms with Crippen LogP contribution in [0.5, 0.6) is 0 Å². The highest BCUT2D eigenvalue weighted by Crippen LogP contribution is 2.35. The van der Waals surface area contributed by atoms with Crippen molar-refractivity contribution in [1.29, 1.82) is 0 Å². The molecule has 2 rings (SSSR count). The molecule has 3 unspecified atom stereocenters. The molecule has 0 aromatic heterocycles. The summed E-state index contributed by atoms with van der Waals surface area (Å²) in [4.78, 5) is 0. The van der Waals surface area contributed by atoms with Gasteiger partial charge in [0.15, 0.2) is 6.29 Å². The molecule has 0 spiro atoms. The number of hydrogen-bond acceptors (Lipinski definition) is 10. The fourth-order valence-electron chi connectivity index (χ4n) is 2.58. The van der Waals surface area contributed by atoms with Crippen molar-refractivity contribution in [1.82, 2.24) is 0 Å². The second-order valence-electron chi connectivity index (χ2n) is 5.54. The molecular weight excluding hydrogens is 304 g/mol. The van der Waals surface area contributed by atoms with E-state index in [1.807, 2.05) is 0 Å². The third-order valence-corrected chi connectivity index (χ3v) is 4.03. The van der Waals surface area contributed by atoms with Crippen LogP contribution in [0.2, 0.25) is 0 Å². The molecule has 0 amide bonds. The highest BCUT2D eigenvalue weighted by molar-refractivity contribution is 4.98. The maximum absolute atomic E-state index is 9.99. The van der Waals surface area contributed by atoms with E-state index in [0.29, 0.717) is 0 Å². The summed E-state index contributed by atoms with van der Waals surface area (Å²) in [6.45, 7) is -0.102. The molecule has 2 fully saturated rings. The van der Waals surface area contributed by atoms with E-state index in [9.17, 15) is 30.6 Å². The van der Waals surface area contributed by atoms with Gasteiger partial charge >= 0.3 is 0 Å². The van der Waals surface area contributed by atoms with Crippen molar-refractivity contribution in [2.45, 2.75) is 61.7 Å². The number of aliphatic hydroxyl groups is 7. The first-order valence-electron chi connectivity index (χ1n) is 6.90. The van der Waals surface area contributed by atoms with E-state index in [0.717, 1.165) is 0 Å². The molecule has 0 saturated carbocycles. The summed E-state index contributed by atoms with van der Waals surface area (Å²) in [6.07, 6.45) is -11.4. The van der Waals surface area contributed by atoms with E-state index in [4.69, 9.17) is 19.3 Å². The Hall–Kier alpha value is -0.400. The Morgan fingerprint density at radius 1 is 0.955 bits per heavy atom. The molecule has 130 valence electrons. The smallest absolute Gasteiger partial charge is 0.224 e. The monoisotopic (exact) mass is 326 g/mol. The minimum atomic E-state index is -2.14. The van der Waals surface area contributed by atoms with Crippen LogP contribution >= 0.6 is 0 Å². The van der Waals surface area contributed by atoms with Gasteiger partial charge in [0.25, 0.3) is 0 Å². The average molecular weight is 326 g/mol. The molecule has 7 N–H and O–H groups in total. The molecule has 2 aliphatic rings. The van der Waals surface area contributed by atoms with Gasteiger partial charge in [0.2, 0.25) is 5.79 Å². The summed E-state index contributed by atoms with van der Waals surface area (Å²) < 4.78 is 15.6. The number of hydrogen-bond donors (Lipinski definition) is 7. The first-order valence-corrected chi connectivity index (χ1v) is 6.90. The van der Waals surface area contributed by atoms with Crippen LogP contribution in [0.3, 0.4) is 0 Å². The third-order valence-electron chi connectivity index (χ3n) is 4.03. The molecule has 0 aliphatic carbocycles. The third kappa shape index (κ3) is 2.87. The molecule has 0 aromatic rings. The highest BCUT2D eigenvalue weighted by atomic mass is 16.8. The SMILES string of the molecule is CC1O[C@H](O[C@]2(CO)O[C@@H](CO)C(O)[C@H]2O)C(O)[C@@H](O)[C@@H]1O. The van der Waals surface area contributed by atoms with Crippen LogP contribution in [0, 0.1) is 0 Å².